The molecule has 0 spiro atoms. The van der Waals surface area contributed by atoms with Crippen molar-refractivity contribution in [2.24, 2.45) is 7.05 Å². The maximum absolute atomic E-state index is 9.29. The first-order chi connectivity index (χ1) is 12.6. The lowest BCUT2D eigenvalue weighted by Crippen LogP contribution is -2.04. The van der Waals surface area contributed by atoms with Crippen molar-refractivity contribution in [2.75, 3.05) is 5.73 Å². The Bertz CT molecular complexity index is 1190. The van der Waals surface area contributed by atoms with E-state index in [-0.39, 0.29) is 11.5 Å². The van der Waals surface area contributed by atoms with Crippen LogP contribution in [0.15, 0.2) is 42.7 Å². The Morgan fingerprint density at radius 3 is 2.77 bits per heavy atom. The third-order valence-electron chi connectivity index (χ3n) is 3.92. The minimum absolute atomic E-state index is 0.0575. The van der Waals surface area contributed by atoms with Gasteiger partial charge in [-0.3, -0.25) is 9.67 Å². The van der Waals surface area contributed by atoms with Crippen LogP contribution in [0.25, 0.3) is 33.5 Å². The van der Waals surface area contributed by atoms with E-state index in [9.17, 15) is 5.26 Å². The van der Waals surface area contributed by atoms with Gasteiger partial charge in [0.1, 0.15) is 23.2 Å². The van der Waals surface area contributed by atoms with Crippen LogP contribution in [0.3, 0.4) is 0 Å². The lowest BCUT2D eigenvalue weighted by atomic mass is 10.0. The third-order valence-corrected chi connectivity index (χ3v) is 4.20. The molecular weight excluding hydrogens is 350 g/mol. The van der Waals surface area contributed by atoms with Gasteiger partial charge in [0.25, 0.3) is 0 Å². The fraction of sp³-hybridized carbons (Fsp3) is 0.0556. The van der Waals surface area contributed by atoms with Gasteiger partial charge in [-0.25, -0.2) is 9.97 Å². The van der Waals surface area contributed by atoms with Crippen molar-refractivity contribution < 1.29 is 0 Å². The average Bonchev–Trinajstić information content (AvgIpc) is 3.07. The molecule has 0 saturated heterocycles. The summed E-state index contributed by atoms with van der Waals surface area (Å²) in [5, 5.41) is 15.0. The summed E-state index contributed by atoms with van der Waals surface area (Å²) in [6, 6.07) is 11.2. The predicted octanol–water partition coefficient (Wildman–Crippen LogP) is 3.20. The molecule has 0 fully saturated rings. The highest BCUT2D eigenvalue weighted by atomic mass is 35.5. The minimum atomic E-state index is 0.0575. The molecule has 0 aliphatic carbocycles. The molecule has 3 heterocycles. The van der Waals surface area contributed by atoms with Crippen molar-refractivity contribution in [3.63, 3.8) is 0 Å². The van der Waals surface area contributed by atoms with E-state index >= 15 is 0 Å². The van der Waals surface area contributed by atoms with E-state index in [0.29, 0.717) is 33.2 Å². The average molecular weight is 362 g/mol. The summed E-state index contributed by atoms with van der Waals surface area (Å²) >= 11 is 6.40. The number of aryl methyl sites for hydroxylation is 1. The zero-order valence-electron chi connectivity index (χ0n) is 13.7. The molecule has 0 bridgehead atoms. The zero-order valence-corrected chi connectivity index (χ0v) is 14.4. The predicted molar refractivity (Wildman–Crippen MR) is 99.1 cm³/mol. The van der Waals surface area contributed by atoms with Crippen LogP contribution in [-0.2, 0) is 7.05 Å². The number of fused-ring (bicyclic) bond motifs is 1. The Kier molecular flexibility index (Phi) is 3.75. The molecule has 0 saturated carbocycles. The van der Waals surface area contributed by atoms with Crippen molar-refractivity contribution in [2.45, 2.75) is 0 Å². The monoisotopic (exact) mass is 361 g/mol. The van der Waals surface area contributed by atoms with Crippen molar-refractivity contribution in [1.82, 2.24) is 24.7 Å². The molecule has 0 amide bonds. The van der Waals surface area contributed by atoms with Crippen LogP contribution < -0.4 is 5.73 Å². The lowest BCUT2D eigenvalue weighted by molar-refractivity contribution is 0.770. The number of hydrogen-bond donors (Lipinski definition) is 1. The van der Waals surface area contributed by atoms with Crippen LogP contribution in [0.1, 0.15) is 5.69 Å². The molecule has 26 heavy (non-hydrogen) atoms. The molecule has 3 aromatic heterocycles. The largest absolute Gasteiger partial charge is 0.381 e. The van der Waals surface area contributed by atoms with Gasteiger partial charge in [-0.15, -0.1) is 0 Å². The number of aromatic nitrogens is 5. The van der Waals surface area contributed by atoms with E-state index < -0.39 is 0 Å². The first kappa shape index (κ1) is 16.0. The highest BCUT2D eigenvalue weighted by Crippen LogP contribution is 2.34. The number of rotatable bonds is 2. The number of nitrogens with two attached hydrogens (primary N) is 1. The Balaban J connectivity index is 2.03. The minimum Gasteiger partial charge on any atom is -0.381 e. The summed E-state index contributed by atoms with van der Waals surface area (Å²) < 4.78 is 1.66. The molecule has 2 N–H and O–H groups in total. The zero-order chi connectivity index (χ0) is 18.3. The Labute approximate surface area is 153 Å². The van der Waals surface area contributed by atoms with E-state index in [1.807, 2.05) is 37.4 Å². The molecular formula is C18H12ClN7. The number of nitriles is 1. The number of anilines is 1. The molecule has 8 heteroatoms. The second kappa shape index (κ2) is 6.10. The topological polar surface area (TPSA) is 106 Å². The van der Waals surface area contributed by atoms with E-state index in [0.717, 1.165) is 5.39 Å². The van der Waals surface area contributed by atoms with Crippen molar-refractivity contribution in [3.05, 3.63) is 53.4 Å². The molecule has 4 rings (SSSR count). The van der Waals surface area contributed by atoms with Crippen LogP contribution in [0.2, 0.25) is 5.02 Å². The highest BCUT2D eigenvalue weighted by molar-refractivity contribution is 6.35. The summed E-state index contributed by atoms with van der Waals surface area (Å²) in [6.45, 7) is 0. The van der Waals surface area contributed by atoms with Gasteiger partial charge in [-0.1, -0.05) is 17.7 Å². The van der Waals surface area contributed by atoms with E-state index in [1.165, 1.54) is 0 Å². The van der Waals surface area contributed by atoms with Gasteiger partial charge in [-0.2, -0.15) is 10.4 Å². The van der Waals surface area contributed by atoms with Crippen molar-refractivity contribution in [1.29, 1.82) is 5.26 Å². The van der Waals surface area contributed by atoms with Crippen LogP contribution in [0.4, 0.5) is 5.82 Å². The van der Waals surface area contributed by atoms with Gasteiger partial charge < -0.3 is 5.73 Å². The summed E-state index contributed by atoms with van der Waals surface area (Å²) in [5.41, 5.74) is 8.92. The molecule has 0 aliphatic heterocycles. The van der Waals surface area contributed by atoms with Gasteiger partial charge in [-0.05, 0) is 24.3 Å². The van der Waals surface area contributed by atoms with E-state index in [2.05, 4.69) is 20.1 Å². The fourth-order valence-corrected chi connectivity index (χ4v) is 3.01. The van der Waals surface area contributed by atoms with E-state index in [4.69, 9.17) is 17.3 Å². The number of halogens is 1. The van der Waals surface area contributed by atoms with Gasteiger partial charge in [0.2, 0.25) is 0 Å². The summed E-state index contributed by atoms with van der Waals surface area (Å²) in [7, 11) is 1.81. The molecule has 0 aliphatic rings. The normalized spacial score (nSPS) is 10.8. The maximum Gasteiger partial charge on any atom is 0.183 e. The lowest BCUT2D eigenvalue weighted by Gasteiger charge is -2.10. The second-order valence-electron chi connectivity index (χ2n) is 5.67. The van der Waals surface area contributed by atoms with Gasteiger partial charge in [0, 0.05) is 30.4 Å². The number of hydrogen-bond acceptors (Lipinski definition) is 6. The number of nitrogen functional groups attached to an aromatic ring is 1. The van der Waals surface area contributed by atoms with Gasteiger partial charge in [0.05, 0.1) is 10.5 Å². The quantitative estimate of drug-likeness (QED) is 0.587. The molecule has 7 nitrogen and oxygen atoms in total. The number of nitrogens with zero attached hydrogens (tertiary/aromatic N) is 6. The highest BCUT2D eigenvalue weighted by Gasteiger charge is 2.18. The standard InChI is InChI=1S/C18H12ClN7/c1-26-6-4-13(25-26)17-16(23-14(9-20)18(21)24-17)11-7-10-3-2-5-22-15(10)12(19)8-11/h2-8H,1H3,(H2,21,24). The Hall–Kier alpha value is -3.50. The number of benzene rings is 1. The second-order valence-corrected chi connectivity index (χ2v) is 6.08. The molecule has 126 valence electrons. The Morgan fingerprint density at radius 2 is 2.04 bits per heavy atom. The SMILES string of the molecule is Cn1ccc(-c2nc(N)c(C#N)nc2-c2cc(Cl)c3ncccc3c2)n1. The van der Waals surface area contributed by atoms with Crippen molar-refractivity contribution >= 4 is 28.3 Å². The van der Waals surface area contributed by atoms with Crippen molar-refractivity contribution in [3.8, 4) is 28.7 Å². The third kappa shape index (κ3) is 2.62. The number of pyridine rings is 1. The van der Waals surface area contributed by atoms with Gasteiger partial charge >= 0.3 is 0 Å². The first-order valence-corrected chi connectivity index (χ1v) is 8.07. The molecule has 1 aromatic carbocycles. The summed E-state index contributed by atoms with van der Waals surface area (Å²) in [6.07, 6.45) is 3.48. The summed E-state index contributed by atoms with van der Waals surface area (Å²) in [5.74, 6) is 0.0606. The first-order valence-electron chi connectivity index (χ1n) is 7.69. The van der Waals surface area contributed by atoms with Crippen LogP contribution in [0, 0.1) is 11.3 Å². The van der Waals surface area contributed by atoms with Crippen LogP contribution >= 0.6 is 11.6 Å². The maximum atomic E-state index is 9.29. The van der Waals surface area contributed by atoms with Crippen LogP contribution in [-0.4, -0.2) is 24.7 Å². The molecule has 0 atom stereocenters. The van der Waals surface area contributed by atoms with E-state index in [1.54, 1.807) is 23.1 Å². The summed E-state index contributed by atoms with van der Waals surface area (Å²) in [4.78, 5) is 13.1. The molecule has 0 unspecified atom stereocenters. The fourth-order valence-electron chi connectivity index (χ4n) is 2.74. The Morgan fingerprint density at radius 1 is 1.19 bits per heavy atom. The molecule has 0 radical (unpaired) electrons. The smallest absolute Gasteiger partial charge is 0.183 e. The molecule has 4 aromatic rings. The van der Waals surface area contributed by atoms with Crippen LogP contribution in [0.5, 0.6) is 0 Å². The van der Waals surface area contributed by atoms with Gasteiger partial charge in [0.15, 0.2) is 11.5 Å².